The molecule has 2 aliphatic rings. The van der Waals surface area contributed by atoms with Crippen LogP contribution in [0.1, 0.15) is 30.8 Å². The Bertz CT molecular complexity index is 1500. The second-order valence-corrected chi connectivity index (χ2v) is 10.2. The van der Waals surface area contributed by atoms with Crippen molar-refractivity contribution in [1.82, 2.24) is 30.0 Å². The van der Waals surface area contributed by atoms with Crippen molar-refractivity contribution >= 4 is 16.7 Å². The summed E-state index contributed by atoms with van der Waals surface area (Å²) < 4.78 is 51.4. The van der Waals surface area contributed by atoms with Gasteiger partial charge in [0.1, 0.15) is 17.7 Å². The van der Waals surface area contributed by atoms with E-state index in [1.165, 1.54) is 16.8 Å². The molecule has 4 aromatic rings. The van der Waals surface area contributed by atoms with E-state index in [9.17, 15) is 13.2 Å². The molecule has 0 spiro atoms. The van der Waals surface area contributed by atoms with Crippen molar-refractivity contribution in [3.05, 3.63) is 47.7 Å². The Morgan fingerprint density at radius 2 is 2.00 bits per heavy atom. The van der Waals surface area contributed by atoms with Crippen LogP contribution in [0.3, 0.4) is 0 Å². The number of nitrogens with zero attached hydrogens (tertiary/aromatic N) is 5. The van der Waals surface area contributed by atoms with Gasteiger partial charge in [0.25, 0.3) is 5.92 Å². The Hall–Kier alpha value is -3.44. The second-order valence-electron chi connectivity index (χ2n) is 10.2. The number of H-pyrrole nitrogens is 1. The smallest absolute Gasteiger partial charge is 0.282 e. The zero-order valence-corrected chi connectivity index (χ0v) is 21.6. The largest absolute Gasteiger partial charge is 0.377 e. The van der Waals surface area contributed by atoms with Gasteiger partial charge < -0.3 is 19.9 Å². The fraction of sp³-hybridized carbons (Fsp3) is 0.444. The number of hydrogen-bond acceptors (Lipinski definition) is 6. The van der Waals surface area contributed by atoms with Crippen molar-refractivity contribution in [2.24, 2.45) is 0 Å². The van der Waals surface area contributed by atoms with Gasteiger partial charge >= 0.3 is 0 Å². The molecule has 0 saturated carbocycles. The molecule has 2 atom stereocenters. The molecule has 200 valence electrons. The van der Waals surface area contributed by atoms with E-state index >= 15 is 0 Å². The first-order valence-electron chi connectivity index (χ1n) is 12.9. The maximum absolute atomic E-state index is 14.9. The van der Waals surface area contributed by atoms with E-state index in [2.05, 4.69) is 27.2 Å². The van der Waals surface area contributed by atoms with Crippen molar-refractivity contribution < 1.29 is 17.9 Å². The average molecular weight is 526 g/mol. The third kappa shape index (κ3) is 4.23. The predicted octanol–water partition coefficient (Wildman–Crippen LogP) is 4.64. The van der Waals surface area contributed by atoms with Gasteiger partial charge in [0, 0.05) is 46.5 Å². The van der Waals surface area contributed by atoms with Crippen LogP contribution in [-0.2, 0) is 4.74 Å². The van der Waals surface area contributed by atoms with E-state index in [4.69, 9.17) is 14.7 Å². The second kappa shape index (κ2) is 9.39. The number of aromatic amines is 1. The summed E-state index contributed by atoms with van der Waals surface area (Å²) in [6, 6.07) is 5.63. The molecule has 0 bridgehead atoms. The normalized spacial score (nSPS) is 21.8. The number of fused-ring (bicyclic) bond motifs is 1. The summed E-state index contributed by atoms with van der Waals surface area (Å²) in [6.45, 7) is 7.53. The van der Waals surface area contributed by atoms with Crippen LogP contribution in [0.15, 0.2) is 30.5 Å². The van der Waals surface area contributed by atoms with Gasteiger partial charge in [0.2, 0.25) is 0 Å². The molecule has 2 saturated heterocycles. The highest BCUT2D eigenvalue weighted by Crippen LogP contribution is 2.39. The maximum atomic E-state index is 14.9. The van der Waals surface area contributed by atoms with Crippen LogP contribution in [0.5, 0.6) is 0 Å². The molecule has 1 aromatic carbocycles. The molecule has 2 N–H and O–H groups in total. The van der Waals surface area contributed by atoms with Crippen molar-refractivity contribution in [1.29, 1.82) is 0 Å². The molecule has 2 fully saturated rings. The van der Waals surface area contributed by atoms with Gasteiger partial charge in [-0.25, -0.2) is 23.1 Å². The first-order chi connectivity index (χ1) is 18.2. The maximum Gasteiger partial charge on any atom is 0.282 e. The van der Waals surface area contributed by atoms with Gasteiger partial charge in [-0.05, 0) is 51.9 Å². The molecule has 3 aromatic heterocycles. The highest BCUT2D eigenvalue weighted by molar-refractivity contribution is 5.94. The van der Waals surface area contributed by atoms with Crippen LogP contribution in [0.2, 0.25) is 0 Å². The highest BCUT2D eigenvalue weighted by atomic mass is 19.3. The lowest BCUT2D eigenvalue weighted by molar-refractivity contribution is -0.0704. The molecule has 38 heavy (non-hydrogen) atoms. The summed E-state index contributed by atoms with van der Waals surface area (Å²) in [4.78, 5) is 15.0. The molecule has 0 radical (unpaired) electrons. The van der Waals surface area contributed by atoms with E-state index in [0.29, 0.717) is 71.7 Å². The van der Waals surface area contributed by atoms with E-state index in [1.807, 2.05) is 19.1 Å². The SMILES string of the molecule is Cc1nn([C@@H]2CCNCC2(F)F)c(C)c1-c1cc(N2CCOC[C@H]2C)nc(-c2cc(F)cc3[nH]ccc23)n1. The van der Waals surface area contributed by atoms with E-state index in [1.54, 1.807) is 13.1 Å². The summed E-state index contributed by atoms with van der Waals surface area (Å²) in [6.07, 6.45) is 2.02. The number of ether oxygens (including phenoxy) is 1. The molecule has 0 amide bonds. The minimum Gasteiger partial charge on any atom is -0.377 e. The Balaban J connectivity index is 1.54. The third-order valence-corrected chi connectivity index (χ3v) is 7.57. The Kier molecular flexibility index (Phi) is 6.14. The fourth-order valence-electron chi connectivity index (χ4n) is 5.68. The standard InChI is InChI=1S/C27H30F3N7O/c1-15-13-38-9-8-36(15)24-12-22(33-26(34-24)20-10-18(28)11-21-19(20)4-7-32-21)25-16(2)35-37(17(25)3)23-5-6-31-14-27(23,29)30/h4,7,10-12,15,23,31-32H,5-6,8-9,13-14H2,1-3H3/t15-,23-/m1/s1. The third-order valence-electron chi connectivity index (χ3n) is 7.57. The van der Waals surface area contributed by atoms with Crippen LogP contribution in [-0.4, -0.2) is 69.5 Å². The number of benzene rings is 1. The van der Waals surface area contributed by atoms with Gasteiger partial charge in [-0.15, -0.1) is 0 Å². The number of nitrogens with one attached hydrogen (secondary N) is 2. The van der Waals surface area contributed by atoms with Gasteiger partial charge in [-0.3, -0.25) is 4.68 Å². The lowest BCUT2D eigenvalue weighted by Gasteiger charge is -2.34. The Morgan fingerprint density at radius 3 is 2.79 bits per heavy atom. The van der Waals surface area contributed by atoms with E-state index in [0.717, 1.165) is 5.39 Å². The monoisotopic (exact) mass is 525 g/mol. The topological polar surface area (TPSA) is 83.9 Å². The minimum atomic E-state index is -2.93. The molecular weight excluding hydrogens is 495 g/mol. The number of alkyl halides is 2. The number of halogens is 3. The van der Waals surface area contributed by atoms with Gasteiger partial charge in [-0.2, -0.15) is 5.10 Å². The van der Waals surface area contributed by atoms with Gasteiger partial charge in [0.05, 0.1) is 37.2 Å². The van der Waals surface area contributed by atoms with Crippen LogP contribution in [0.4, 0.5) is 19.0 Å². The fourth-order valence-corrected chi connectivity index (χ4v) is 5.68. The number of anilines is 1. The Labute approximate surface area is 218 Å². The Morgan fingerprint density at radius 1 is 1.16 bits per heavy atom. The number of aromatic nitrogens is 5. The highest BCUT2D eigenvalue weighted by Gasteiger charge is 2.44. The van der Waals surface area contributed by atoms with Crippen molar-refractivity contribution in [3.63, 3.8) is 0 Å². The van der Waals surface area contributed by atoms with Crippen molar-refractivity contribution in [2.45, 2.75) is 45.2 Å². The zero-order valence-electron chi connectivity index (χ0n) is 21.6. The predicted molar refractivity (Wildman–Crippen MR) is 139 cm³/mol. The number of piperidine rings is 1. The average Bonchev–Trinajstić information content (AvgIpc) is 3.46. The minimum absolute atomic E-state index is 0.0671. The lowest BCUT2D eigenvalue weighted by Crippen LogP contribution is -2.47. The number of rotatable bonds is 4. The van der Waals surface area contributed by atoms with Gasteiger partial charge in [0.15, 0.2) is 5.82 Å². The molecule has 6 rings (SSSR count). The van der Waals surface area contributed by atoms with Crippen LogP contribution >= 0.6 is 0 Å². The first kappa shape index (κ1) is 24.9. The number of hydrogen-bond donors (Lipinski definition) is 2. The summed E-state index contributed by atoms with van der Waals surface area (Å²) in [5.74, 6) is -2.30. The van der Waals surface area contributed by atoms with Crippen LogP contribution in [0.25, 0.3) is 33.5 Å². The van der Waals surface area contributed by atoms with Crippen molar-refractivity contribution in [2.75, 3.05) is 37.7 Å². The molecule has 2 aliphatic heterocycles. The summed E-state index contributed by atoms with van der Waals surface area (Å²) in [5, 5.41) is 8.14. The molecule has 11 heteroatoms. The molecule has 0 unspecified atom stereocenters. The van der Waals surface area contributed by atoms with Crippen LogP contribution < -0.4 is 10.2 Å². The molecule has 5 heterocycles. The van der Waals surface area contributed by atoms with Crippen LogP contribution in [0, 0.1) is 19.7 Å². The van der Waals surface area contributed by atoms with E-state index in [-0.39, 0.29) is 19.0 Å². The zero-order chi connectivity index (χ0) is 26.6. The summed E-state index contributed by atoms with van der Waals surface area (Å²) in [7, 11) is 0. The molecular formula is C27H30F3N7O. The van der Waals surface area contributed by atoms with E-state index < -0.39 is 17.8 Å². The number of aryl methyl sites for hydroxylation is 1. The quantitative estimate of drug-likeness (QED) is 0.404. The first-order valence-corrected chi connectivity index (χ1v) is 12.9. The molecule has 8 nitrogen and oxygen atoms in total. The molecule has 0 aliphatic carbocycles. The number of morpholine rings is 1. The summed E-state index contributed by atoms with van der Waals surface area (Å²) in [5.41, 5.74) is 3.67. The van der Waals surface area contributed by atoms with Gasteiger partial charge in [-0.1, -0.05) is 0 Å². The van der Waals surface area contributed by atoms with Crippen molar-refractivity contribution in [3.8, 4) is 22.6 Å². The summed E-state index contributed by atoms with van der Waals surface area (Å²) >= 11 is 0. The lowest BCUT2D eigenvalue weighted by atomic mass is 10.0.